The van der Waals surface area contributed by atoms with Crippen LogP contribution in [-0.4, -0.2) is 77.5 Å². The number of rotatable bonds is 7. The second kappa shape index (κ2) is 8.61. The van der Waals surface area contributed by atoms with Crippen LogP contribution < -0.4 is 4.74 Å². The molecule has 0 spiro atoms. The van der Waals surface area contributed by atoms with Crippen molar-refractivity contribution in [2.45, 2.75) is 43.9 Å². The maximum atomic E-state index is 13.3. The highest BCUT2D eigenvalue weighted by Gasteiger charge is 2.41. The maximum absolute atomic E-state index is 13.3. The molecule has 0 bridgehead atoms. The number of hydrogen-bond acceptors (Lipinski definition) is 5. The summed E-state index contributed by atoms with van der Waals surface area (Å²) in [6.07, 6.45) is -0.123. The van der Waals surface area contributed by atoms with Crippen LogP contribution >= 0.6 is 0 Å². The zero-order valence-electron chi connectivity index (χ0n) is 15.0. The second-order valence-corrected chi connectivity index (χ2v) is 7.29. The van der Waals surface area contributed by atoms with E-state index in [9.17, 15) is 13.9 Å². The highest BCUT2D eigenvalue weighted by Crippen LogP contribution is 2.30. The van der Waals surface area contributed by atoms with Gasteiger partial charge < -0.3 is 14.9 Å². The Morgan fingerprint density at radius 3 is 2.46 bits per heavy atom. The summed E-state index contributed by atoms with van der Waals surface area (Å²) in [5.41, 5.74) is 1.12. The van der Waals surface area contributed by atoms with Crippen LogP contribution in [0.5, 0.6) is 5.75 Å². The molecule has 2 N–H and O–H groups in total. The minimum atomic E-state index is -2.55. The molecule has 0 aliphatic carbocycles. The number of β-amino-alcohol motifs (C(OH)–C–C–N with tert-alkyl or cyclic N) is 1. The van der Waals surface area contributed by atoms with E-state index in [0.717, 1.165) is 11.3 Å². The van der Waals surface area contributed by atoms with E-state index in [1.54, 1.807) is 0 Å². The van der Waals surface area contributed by atoms with E-state index >= 15 is 0 Å². The molecule has 26 heavy (non-hydrogen) atoms. The molecule has 2 atom stereocenters. The number of alkyl halides is 2. The van der Waals surface area contributed by atoms with Gasteiger partial charge in [-0.25, -0.2) is 8.78 Å². The topological polar surface area (TPSA) is 56.2 Å². The number of likely N-dealkylation sites (tertiary alicyclic amines) is 2. The molecule has 2 aliphatic heterocycles. The van der Waals surface area contributed by atoms with Crippen molar-refractivity contribution in [3.05, 3.63) is 29.8 Å². The summed E-state index contributed by atoms with van der Waals surface area (Å²) in [7, 11) is 0. The van der Waals surface area contributed by atoms with Gasteiger partial charge in [0.1, 0.15) is 5.75 Å². The lowest BCUT2D eigenvalue weighted by atomic mass is 10.0. The Labute approximate surface area is 153 Å². The highest BCUT2D eigenvalue weighted by atomic mass is 19.3. The molecule has 0 radical (unpaired) electrons. The Kier molecular flexibility index (Phi) is 6.45. The summed E-state index contributed by atoms with van der Waals surface area (Å²) in [5, 5.41) is 19.1. The van der Waals surface area contributed by atoms with Gasteiger partial charge in [0.2, 0.25) is 0 Å². The van der Waals surface area contributed by atoms with Crippen molar-refractivity contribution in [1.82, 2.24) is 9.80 Å². The van der Waals surface area contributed by atoms with Crippen molar-refractivity contribution in [3.63, 3.8) is 0 Å². The first-order valence-corrected chi connectivity index (χ1v) is 9.32. The van der Waals surface area contributed by atoms with Gasteiger partial charge in [-0.2, -0.15) is 0 Å². The number of ether oxygens (including phenoxy) is 1. The molecule has 2 saturated heterocycles. The largest absolute Gasteiger partial charge is 0.494 e. The molecular formula is C19H28F2N2O3. The maximum Gasteiger partial charge on any atom is 0.250 e. The molecular weight excluding hydrogens is 342 g/mol. The minimum absolute atomic E-state index is 0.0628. The predicted molar refractivity (Wildman–Crippen MR) is 94.5 cm³/mol. The zero-order chi connectivity index (χ0) is 18.6. The number of aliphatic hydroxyl groups excluding tert-OH is 2. The van der Waals surface area contributed by atoms with Gasteiger partial charge in [-0.3, -0.25) is 9.80 Å². The standard InChI is InChI=1S/C19H28F2N2O3/c20-19(21)6-8-23(9-7-19)17-13-22(14-18(17)25)12-15-2-4-16(5-3-15)26-11-1-10-24/h2-5,17-18,24-25H,1,6-14H2/t17-,18-/m0/s1. The third-order valence-electron chi connectivity index (χ3n) is 5.23. The van der Waals surface area contributed by atoms with E-state index in [4.69, 9.17) is 9.84 Å². The van der Waals surface area contributed by atoms with E-state index < -0.39 is 12.0 Å². The van der Waals surface area contributed by atoms with Crippen LogP contribution in [0.3, 0.4) is 0 Å². The average molecular weight is 370 g/mol. The molecule has 7 heteroatoms. The number of benzene rings is 1. The SMILES string of the molecule is OCCCOc1ccc(CN2C[C@H](O)[C@@H](N3CCC(F)(F)CC3)C2)cc1. The van der Waals surface area contributed by atoms with E-state index in [1.165, 1.54) is 0 Å². The van der Waals surface area contributed by atoms with Crippen molar-refractivity contribution in [3.8, 4) is 5.75 Å². The Bertz CT molecular complexity index is 560. The molecule has 2 aliphatic rings. The number of piperidine rings is 1. The fourth-order valence-corrected chi connectivity index (χ4v) is 3.72. The average Bonchev–Trinajstić information content (AvgIpc) is 2.97. The van der Waals surface area contributed by atoms with Crippen molar-refractivity contribution in [1.29, 1.82) is 0 Å². The van der Waals surface area contributed by atoms with Crippen molar-refractivity contribution in [2.75, 3.05) is 39.4 Å². The smallest absolute Gasteiger partial charge is 0.250 e. The summed E-state index contributed by atoms with van der Waals surface area (Å²) < 4.78 is 32.2. The van der Waals surface area contributed by atoms with Crippen LogP contribution in [0.2, 0.25) is 0 Å². The first kappa shape index (κ1) is 19.5. The fourth-order valence-electron chi connectivity index (χ4n) is 3.72. The Morgan fingerprint density at radius 1 is 1.12 bits per heavy atom. The number of halogens is 2. The van der Waals surface area contributed by atoms with Gasteiger partial charge in [-0.05, 0) is 17.7 Å². The van der Waals surface area contributed by atoms with E-state index in [2.05, 4.69) is 4.90 Å². The Morgan fingerprint density at radius 2 is 1.81 bits per heavy atom. The van der Waals surface area contributed by atoms with Crippen molar-refractivity contribution in [2.24, 2.45) is 0 Å². The van der Waals surface area contributed by atoms with Crippen LogP contribution in [0.4, 0.5) is 8.78 Å². The van der Waals surface area contributed by atoms with Gasteiger partial charge in [-0.1, -0.05) is 12.1 Å². The van der Waals surface area contributed by atoms with Gasteiger partial charge in [-0.15, -0.1) is 0 Å². The predicted octanol–water partition coefficient (Wildman–Crippen LogP) is 1.72. The molecule has 0 amide bonds. The molecule has 5 nitrogen and oxygen atoms in total. The van der Waals surface area contributed by atoms with Crippen LogP contribution in [-0.2, 0) is 6.54 Å². The molecule has 0 saturated carbocycles. The number of hydrogen-bond donors (Lipinski definition) is 2. The quantitative estimate of drug-likeness (QED) is 0.716. The lowest BCUT2D eigenvalue weighted by molar-refractivity contribution is -0.0698. The highest BCUT2D eigenvalue weighted by molar-refractivity contribution is 5.27. The Hall–Kier alpha value is -1.28. The lowest BCUT2D eigenvalue weighted by Crippen LogP contribution is -2.49. The monoisotopic (exact) mass is 370 g/mol. The molecule has 3 rings (SSSR count). The molecule has 2 heterocycles. The van der Waals surface area contributed by atoms with Gasteiger partial charge in [0.25, 0.3) is 5.92 Å². The molecule has 0 unspecified atom stereocenters. The van der Waals surface area contributed by atoms with Gasteiger partial charge in [0.15, 0.2) is 0 Å². The van der Waals surface area contributed by atoms with Gasteiger partial charge >= 0.3 is 0 Å². The molecule has 146 valence electrons. The first-order chi connectivity index (χ1) is 12.5. The third-order valence-corrected chi connectivity index (χ3v) is 5.23. The third kappa shape index (κ3) is 5.13. The lowest BCUT2D eigenvalue weighted by Gasteiger charge is -2.36. The zero-order valence-corrected chi connectivity index (χ0v) is 15.0. The number of aliphatic hydroxyl groups is 2. The minimum Gasteiger partial charge on any atom is -0.494 e. The first-order valence-electron chi connectivity index (χ1n) is 9.32. The van der Waals surface area contributed by atoms with Crippen LogP contribution in [0.1, 0.15) is 24.8 Å². The van der Waals surface area contributed by atoms with Crippen LogP contribution in [0.25, 0.3) is 0 Å². The van der Waals surface area contributed by atoms with Crippen LogP contribution in [0, 0.1) is 0 Å². The molecule has 1 aromatic carbocycles. The van der Waals surface area contributed by atoms with Crippen molar-refractivity contribution >= 4 is 0 Å². The fraction of sp³-hybridized carbons (Fsp3) is 0.684. The second-order valence-electron chi connectivity index (χ2n) is 7.29. The van der Waals surface area contributed by atoms with Gasteiger partial charge in [0, 0.05) is 64.6 Å². The van der Waals surface area contributed by atoms with Gasteiger partial charge in [0.05, 0.1) is 12.7 Å². The Balaban J connectivity index is 1.49. The van der Waals surface area contributed by atoms with E-state index in [1.807, 2.05) is 29.2 Å². The van der Waals surface area contributed by atoms with Crippen LogP contribution in [0.15, 0.2) is 24.3 Å². The molecule has 0 aromatic heterocycles. The summed E-state index contributed by atoms with van der Waals surface area (Å²) in [6.45, 7) is 3.28. The van der Waals surface area contributed by atoms with Crippen molar-refractivity contribution < 1.29 is 23.7 Å². The summed E-state index contributed by atoms with van der Waals surface area (Å²) >= 11 is 0. The van der Waals surface area contributed by atoms with E-state index in [-0.39, 0.29) is 25.5 Å². The summed E-state index contributed by atoms with van der Waals surface area (Å²) in [5.74, 6) is -1.78. The van der Waals surface area contributed by atoms with E-state index in [0.29, 0.717) is 45.8 Å². The molecule has 2 fully saturated rings. The normalized spacial score (nSPS) is 26.9. The number of nitrogens with zero attached hydrogens (tertiary/aromatic N) is 2. The molecule has 1 aromatic rings. The summed E-state index contributed by atoms with van der Waals surface area (Å²) in [6, 6.07) is 7.74. The summed E-state index contributed by atoms with van der Waals surface area (Å²) in [4.78, 5) is 4.18.